The van der Waals surface area contributed by atoms with Gasteiger partial charge in [0.15, 0.2) is 0 Å². The first-order valence-electron chi connectivity index (χ1n) is 9.31. The van der Waals surface area contributed by atoms with Crippen molar-refractivity contribution >= 4 is 28.6 Å². The molecule has 3 heterocycles. The summed E-state index contributed by atoms with van der Waals surface area (Å²) in [7, 11) is 0. The highest BCUT2D eigenvalue weighted by Gasteiger charge is 2.27. The van der Waals surface area contributed by atoms with Gasteiger partial charge in [-0.3, -0.25) is 5.10 Å². The Morgan fingerprint density at radius 1 is 1.23 bits per heavy atom. The number of aromatic amines is 1. The normalized spacial score (nSPS) is 21.1. The Kier molecular flexibility index (Phi) is 4.57. The van der Waals surface area contributed by atoms with E-state index in [1.807, 2.05) is 30.5 Å². The molecule has 1 aromatic carbocycles. The summed E-state index contributed by atoms with van der Waals surface area (Å²) < 4.78 is 0. The van der Waals surface area contributed by atoms with Crippen molar-refractivity contribution in [1.82, 2.24) is 20.2 Å². The van der Waals surface area contributed by atoms with Gasteiger partial charge in [-0.25, -0.2) is 9.97 Å². The van der Waals surface area contributed by atoms with Crippen LogP contribution in [0, 0.1) is 5.41 Å². The summed E-state index contributed by atoms with van der Waals surface area (Å²) in [6, 6.07) is 7.70. The van der Waals surface area contributed by atoms with E-state index in [0.29, 0.717) is 16.1 Å². The third-order valence-corrected chi connectivity index (χ3v) is 6.10. The molecule has 0 radical (unpaired) electrons. The molecule has 1 atom stereocenters. The molecule has 0 bridgehead atoms. The SMILES string of the molecule is CCC1(C)CCCN(c2cnc3c(-c4ccccc4Cl)[nH]nc3n2)CC1. The van der Waals surface area contributed by atoms with Crippen molar-refractivity contribution in [3.63, 3.8) is 0 Å². The van der Waals surface area contributed by atoms with Crippen molar-refractivity contribution in [3.05, 3.63) is 35.5 Å². The number of rotatable bonds is 3. The van der Waals surface area contributed by atoms with Crippen molar-refractivity contribution in [1.29, 1.82) is 0 Å². The highest BCUT2D eigenvalue weighted by Crippen LogP contribution is 2.35. The number of nitrogens with one attached hydrogen (secondary N) is 1. The number of benzene rings is 1. The number of anilines is 1. The predicted molar refractivity (Wildman–Crippen MR) is 107 cm³/mol. The van der Waals surface area contributed by atoms with Crippen molar-refractivity contribution in [2.24, 2.45) is 5.41 Å². The van der Waals surface area contributed by atoms with Crippen molar-refractivity contribution in [2.75, 3.05) is 18.0 Å². The molecule has 4 rings (SSSR count). The first kappa shape index (κ1) is 17.3. The zero-order valence-corrected chi connectivity index (χ0v) is 16.1. The van der Waals surface area contributed by atoms with Crippen LogP contribution in [-0.4, -0.2) is 33.3 Å². The number of hydrogen-bond acceptors (Lipinski definition) is 4. The van der Waals surface area contributed by atoms with Crippen LogP contribution in [0.3, 0.4) is 0 Å². The van der Waals surface area contributed by atoms with Gasteiger partial charge in [0.05, 0.1) is 16.9 Å². The number of hydrogen-bond donors (Lipinski definition) is 1. The molecule has 1 unspecified atom stereocenters. The second kappa shape index (κ2) is 6.88. The molecular formula is C20H24ClN5. The minimum Gasteiger partial charge on any atom is -0.355 e. The maximum absolute atomic E-state index is 6.32. The minimum absolute atomic E-state index is 0.440. The quantitative estimate of drug-likeness (QED) is 0.699. The summed E-state index contributed by atoms with van der Waals surface area (Å²) in [5.41, 5.74) is 3.55. The van der Waals surface area contributed by atoms with Crippen molar-refractivity contribution in [2.45, 2.75) is 39.5 Å². The van der Waals surface area contributed by atoms with Crippen LogP contribution in [0.15, 0.2) is 30.5 Å². The molecule has 1 aliphatic heterocycles. The lowest BCUT2D eigenvalue weighted by atomic mass is 9.80. The van der Waals surface area contributed by atoms with Crippen molar-refractivity contribution < 1.29 is 0 Å². The summed E-state index contributed by atoms with van der Waals surface area (Å²) in [4.78, 5) is 11.8. The molecule has 26 heavy (non-hydrogen) atoms. The van der Waals surface area contributed by atoms with E-state index in [2.05, 4.69) is 33.9 Å². The zero-order valence-electron chi connectivity index (χ0n) is 15.3. The van der Waals surface area contributed by atoms with E-state index in [1.165, 1.54) is 25.7 Å². The highest BCUT2D eigenvalue weighted by molar-refractivity contribution is 6.33. The number of nitrogens with zero attached hydrogens (tertiary/aromatic N) is 4. The summed E-state index contributed by atoms with van der Waals surface area (Å²) in [5, 5.41) is 8.11. The standard InChI is InChI=1S/C20H24ClN5/c1-3-20(2)9-6-11-26(12-10-20)16-13-22-18-17(24-25-19(18)23-16)14-7-4-5-8-15(14)21/h4-5,7-8,13H,3,6,9-12H2,1-2H3,(H,23,24,25). The van der Waals surface area contributed by atoms with Gasteiger partial charge < -0.3 is 4.90 Å². The van der Waals surface area contributed by atoms with Gasteiger partial charge >= 0.3 is 0 Å². The van der Waals surface area contributed by atoms with Gasteiger partial charge in [-0.05, 0) is 30.7 Å². The predicted octanol–water partition coefficient (Wildman–Crippen LogP) is 5.08. The first-order chi connectivity index (χ1) is 12.6. The largest absolute Gasteiger partial charge is 0.355 e. The van der Waals surface area contributed by atoms with Crippen LogP contribution in [0.2, 0.25) is 5.02 Å². The van der Waals surface area contributed by atoms with Crippen LogP contribution in [0.4, 0.5) is 5.82 Å². The fourth-order valence-electron chi connectivity index (χ4n) is 3.71. The fraction of sp³-hybridized carbons (Fsp3) is 0.450. The van der Waals surface area contributed by atoms with Crippen LogP contribution < -0.4 is 4.90 Å². The van der Waals surface area contributed by atoms with E-state index in [9.17, 15) is 0 Å². The van der Waals surface area contributed by atoms with E-state index < -0.39 is 0 Å². The van der Waals surface area contributed by atoms with Gasteiger partial charge in [0.25, 0.3) is 0 Å². The minimum atomic E-state index is 0.440. The second-order valence-electron chi connectivity index (χ2n) is 7.48. The molecule has 0 spiro atoms. The van der Waals surface area contributed by atoms with E-state index in [0.717, 1.165) is 35.7 Å². The molecule has 1 N–H and O–H groups in total. The smallest absolute Gasteiger partial charge is 0.202 e. The Morgan fingerprint density at radius 2 is 2.08 bits per heavy atom. The van der Waals surface area contributed by atoms with Gasteiger partial charge in [-0.2, -0.15) is 5.10 Å². The summed E-state index contributed by atoms with van der Waals surface area (Å²) in [5.74, 6) is 0.912. The Bertz CT molecular complexity index is 921. The van der Waals surface area contributed by atoms with Gasteiger partial charge in [0, 0.05) is 18.7 Å². The molecule has 1 saturated heterocycles. The molecule has 0 amide bonds. The average Bonchev–Trinajstić information content (AvgIpc) is 2.97. The number of H-pyrrole nitrogens is 1. The van der Waals surface area contributed by atoms with Crippen LogP contribution >= 0.6 is 11.6 Å². The molecule has 6 heteroatoms. The summed E-state index contributed by atoms with van der Waals surface area (Å²) in [6.45, 7) is 6.74. The summed E-state index contributed by atoms with van der Waals surface area (Å²) in [6.07, 6.45) is 6.75. The third kappa shape index (κ3) is 3.16. The average molecular weight is 370 g/mol. The lowest BCUT2D eigenvalue weighted by molar-refractivity contribution is 0.275. The maximum Gasteiger partial charge on any atom is 0.202 e. The van der Waals surface area contributed by atoms with E-state index >= 15 is 0 Å². The lowest BCUT2D eigenvalue weighted by Gasteiger charge is -2.26. The molecule has 0 aliphatic carbocycles. The van der Waals surface area contributed by atoms with Gasteiger partial charge in [0.2, 0.25) is 5.65 Å². The first-order valence-corrected chi connectivity index (χ1v) is 9.68. The third-order valence-electron chi connectivity index (χ3n) is 5.77. The second-order valence-corrected chi connectivity index (χ2v) is 7.89. The molecule has 1 fully saturated rings. The van der Waals surface area contributed by atoms with Gasteiger partial charge in [-0.1, -0.05) is 50.1 Å². The number of aromatic nitrogens is 4. The fourth-order valence-corrected chi connectivity index (χ4v) is 3.94. The van der Waals surface area contributed by atoms with E-state index in [1.54, 1.807) is 0 Å². The molecule has 136 valence electrons. The Hall–Kier alpha value is -2.14. The Balaban J connectivity index is 1.64. The van der Waals surface area contributed by atoms with Gasteiger partial charge in [0.1, 0.15) is 11.3 Å². The number of fused-ring (bicyclic) bond motifs is 1. The zero-order chi connectivity index (χ0) is 18.1. The Labute approximate surface area is 158 Å². The number of halogens is 1. The highest BCUT2D eigenvalue weighted by atomic mass is 35.5. The lowest BCUT2D eigenvalue weighted by Crippen LogP contribution is -2.26. The van der Waals surface area contributed by atoms with Crippen LogP contribution in [0.1, 0.15) is 39.5 Å². The topological polar surface area (TPSA) is 57.7 Å². The molecule has 0 saturated carbocycles. The molecule has 2 aromatic heterocycles. The van der Waals surface area contributed by atoms with Crippen LogP contribution in [0.5, 0.6) is 0 Å². The molecular weight excluding hydrogens is 346 g/mol. The summed E-state index contributed by atoms with van der Waals surface area (Å²) >= 11 is 6.32. The van der Waals surface area contributed by atoms with Crippen molar-refractivity contribution in [3.8, 4) is 11.3 Å². The van der Waals surface area contributed by atoms with E-state index in [-0.39, 0.29) is 0 Å². The van der Waals surface area contributed by atoms with Crippen LogP contribution in [-0.2, 0) is 0 Å². The van der Waals surface area contributed by atoms with E-state index in [4.69, 9.17) is 16.6 Å². The molecule has 1 aliphatic rings. The van der Waals surface area contributed by atoms with Crippen LogP contribution in [0.25, 0.3) is 22.4 Å². The van der Waals surface area contributed by atoms with Gasteiger partial charge in [-0.15, -0.1) is 0 Å². The monoisotopic (exact) mass is 369 g/mol. The maximum atomic E-state index is 6.32. The Morgan fingerprint density at radius 3 is 2.88 bits per heavy atom. The molecule has 5 nitrogen and oxygen atoms in total. The molecule has 3 aromatic rings.